The highest BCUT2D eigenvalue weighted by molar-refractivity contribution is 8.18. The van der Waals surface area contributed by atoms with E-state index in [9.17, 15) is 9.59 Å². The van der Waals surface area contributed by atoms with Gasteiger partial charge in [-0.25, -0.2) is 9.97 Å². The topological polar surface area (TPSA) is 78.4 Å². The van der Waals surface area contributed by atoms with E-state index in [-0.39, 0.29) is 11.1 Å². The van der Waals surface area contributed by atoms with Crippen LogP contribution in [0.15, 0.2) is 59.8 Å². The third-order valence-corrected chi connectivity index (χ3v) is 6.31. The number of nitrogens with one attached hydrogen (secondary N) is 1. The van der Waals surface area contributed by atoms with Gasteiger partial charge in [0.2, 0.25) is 0 Å². The third-order valence-electron chi connectivity index (χ3n) is 5.50. The Balaban J connectivity index is 1.36. The van der Waals surface area contributed by atoms with Crippen LogP contribution in [-0.2, 0) is 11.3 Å². The van der Waals surface area contributed by atoms with E-state index < -0.39 is 0 Å². The van der Waals surface area contributed by atoms with E-state index in [0.29, 0.717) is 4.91 Å². The molecule has 2 aliphatic rings. The maximum Gasteiger partial charge on any atom is 0.290 e. The largest absolute Gasteiger partial charge is 0.353 e. The Bertz CT molecular complexity index is 1170. The van der Waals surface area contributed by atoms with Gasteiger partial charge in [0.1, 0.15) is 12.1 Å². The summed E-state index contributed by atoms with van der Waals surface area (Å²) >= 11 is 0.921. The highest BCUT2D eigenvalue weighted by Gasteiger charge is 2.25. The lowest BCUT2D eigenvalue weighted by molar-refractivity contribution is -0.115. The summed E-state index contributed by atoms with van der Waals surface area (Å²) in [4.78, 5) is 37.4. The van der Waals surface area contributed by atoms with E-state index in [2.05, 4.69) is 49.4 Å². The summed E-state index contributed by atoms with van der Waals surface area (Å²) < 4.78 is 0. The Morgan fingerprint density at radius 2 is 1.81 bits per heavy atom. The first-order valence-electron chi connectivity index (χ1n) is 10.2. The molecule has 1 aromatic heterocycles. The number of aromatic nitrogens is 2. The molecular weight excluding hydrogens is 410 g/mol. The molecular formula is C23H21N5O2S. The second kappa shape index (κ2) is 8.49. The Morgan fingerprint density at radius 1 is 1.00 bits per heavy atom. The van der Waals surface area contributed by atoms with Crippen LogP contribution in [0, 0.1) is 0 Å². The Labute approximate surface area is 184 Å². The van der Waals surface area contributed by atoms with Crippen LogP contribution in [0.1, 0.15) is 11.1 Å². The van der Waals surface area contributed by atoms with Crippen molar-refractivity contribution in [3.05, 3.63) is 70.9 Å². The summed E-state index contributed by atoms with van der Waals surface area (Å²) in [5, 5.41) is 2.90. The Morgan fingerprint density at radius 3 is 2.55 bits per heavy atom. The summed E-state index contributed by atoms with van der Waals surface area (Å²) in [5.74, 6) is 0.554. The van der Waals surface area contributed by atoms with Crippen LogP contribution in [0.25, 0.3) is 17.0 Å². The molecule has 156 valence electrons. The molecule has 3 heterocycles. The van der Waals surface area contributed by atoms with Crippen LogP contribution in [0.2, 0.25) is 0 Å². The van der Waals surface area contributed by atoms with Crippen LogP contribution >= 0.6 is 11.8 Å². The molecule has 3 aromatic rings. The zero-order valence-corrected chi connectivity index (χ0v) is 17.6. The fourth-order valence-electron chi connectivity index (χ4n) is 3.93. The van der Waals surface area contributed by atoms with Gasteiger partial charge in [0, 0.05) is 38.1 Å². The number of fused-ring (bicyclic) bond motifs is 1. The lowest BCUT2D eigenvalue weighted by Gasteiger charge is -2.35. The van der Waals surface area contributed by atoms with Crippen LogP contribution in [0.4, 0.5) is 10.6 Å². The number of thioether (sulfide) groups is 1. The quantitative estimate of drug-likeness (QED) is 0.635. The highest BCUT2D eigenvalue weighted by Crippen LogP contribution is 2.29. The molecule has 0 aliphatic carbocycles. The van der Waals surface area contributed by atoms with E-state index in [0.717, 1.165) is 66.8 Å². The van der Waals surface area contributed by atoms with Crippen molar-refractivity contribution in [3.63, 3.8) is 0 Å². The molecule has 2 aromatic carbocycles. The molecule has 0 saturated carbocycles. The minimum Gasteiger partial charge on any atom is -0.353 e. The van der Waals surface area contributed by atoms with Gasteiger partial charge < -0.3 is 4.90 Å². The van der Waals surface area contributed by atoms with Gasteiger partial charge in [0.15, 0.2) is 0 Å². The van der Waals surface area contributed by atoms with Crippen LogP contribution in [0.5, 0.6) is 0 Å². The third kappa shape index (κ3) is 4.30. The molecule has 0 spiro atoms. The number of amides is 2. The van der Waals surface area contributed by atoms with Crippen molar-refractivity contribution in [2.75, 3.05) is 31.1 Å². The van der Waals surface area contributed by atoms with Crippen molar-refractivity contribution in [2.24, 2.45) is 0 Å². The molecule has 2 fully saturated rings. The zero-order chi connectivity index (χ0) is 21.2. The average molecular weight is 432 g/mol. The lowest BCUT2D eigenvalue weighted by atomic mass is 10.1. The average Bonchev–Trinajstić information content (AvgIpc) is 3.11. The molecule has 0 unspecified atom stereocenters. The minimum absolute atomic E-state index is 0.338. The zero-order valence-electron chi connectivity index (χ0n) is 16.8. The second-order valence-electron chi connectivity index (χ2n) is 7.57. The number of nitrogens with zero attached hydrogens (tertiary/aromatic N) is 4. The number of piperazine rings is 1. The van der Waals surface area contributed by atoms with Gasteiger partial charge >= 0.3 is 0 Å². The number of rotatable bonds is 4. The Kier molecular flexibility index (Phi) is 5.40. The summed E-state index contributed by atoms with van der Waals surface area (Å²) in [6.45, 7) is 4.65. The van der Waals surface area contributed by atoms with Crippen molar-refractivity contribution in [1.82, 2.24) is 20.2 Å². The first kappa shape index (κ1) is 19.7. The molecule has 0 radical (unpaired) electrons. The maximum atomic E-state index is 11.9. The summed E-state index contributed by atoms with van der Waals surface area (Å²) in [6.07, 6.45) is 3.34. The molecule has 0 bridgehead atoms. The lowest BCUT2D eigenvalue weighted by Crippen LogP contribution is -2.46. The molecule has 8 heteroatoms. The molecule has 2 amide bonds. The number of carbonyl (C=O) groups is 2. The molecule has 31 heavy (non-hydrogen) atoms. The minimum atomic E-state index is -0.353. The standard InChI is InChI=1S/C23H21N5O2S/c29-22-20(31-23(30)26-22)13-17-6-7-19-18(12-17)21(25-15-24-19)28-10-8-27(9-11-28)14-16-4-2-1-3-5-16/h1-7,12-13,15H,8-11,14H2,(H,26,29,30)/b20-13-. The number of hydrogen-bond donors (Lipinski definition) is 1. The van der Waals surface area contributed by atoms with Crippen molar-refractivity contribution < 1.29 is 9.59 Å². The van der Waals surface area contributed by atoms with Crippen LogP contribution in [0.3, 0.4) is 0 Å². The van der Waals surface area contributed by atoms with Crippen molar-refractivity contribution in [1.29, 1.82) is 0 Å². The van der Waals surface area contributed by atoms with Crippen LogP contribution < -0.4 is 10.2 Å². The summed E-state index contributed by atoms with van der Waals surface area (Å²) in [6, 6.07) is 16.3. The monoisotopic (exact) mass is 431 g/mol. The Hall–Kier alpha value is -3.23. The van der Waals surface area contributed by atoms with E-state index in [1.165, 1.54) is 5.56 Å². The molecule has 0 atom stereocenters. The summed E-state index contributed by atoms with van der Waals surface area (Å²) in [5.41, 5.74) is 3.03. The smallest absolute Gasteiger partial charge is 0.290 e. The number of carbonyl (C=O) groups excluding carboxylic acids is 2. The molecule has 2 saturated heterocycles. The van der Waals surface area contributed by atoms with E-state index >= 15 is 0 Å². The van der Waals surface area contributed by atoms with Crippen LogP contribution in [-0.4, -0.2) is 52.2 Å². The first-order valence-corrected chi connectivity index (χ1v) is 11.0. The van der Waals surface area contributed by atoms with Gasteiger partial charge in [-0.1, -0.05) is 36.4 Å². The van der Waals surface area contributed by atoms with Gasteiger partial charge in [0.25, 0.3) is 11.1 Å². The van der Waals surface area contributed by atoms with Gasteiger partial charge in [-0.05, 0) is 41.1 Å². The van der Waals surface area contributed by atoms with E-state index in [1.54, 1.807) is 12.4 Å². The SMILES string of the molecule is O=C1NC(=O)/C(=C/c2ccc3ncnc(N4CCN(Cc5ccccc5)CC4)c3c2)S1. The fourth-order valence-corrected chi connectivity index (χ4v) is 4.62. The van der Waals surface area contributed by atoms with Crippen molar-refractivity contribution in [3.8, 4) is 0 Å². The fraction of sp³-hybridized carbons (Fsp3) is 0.217. The van der Waals surface area contributed by atoms with E-state index in [1.807, 2.05) is 24.3 Å². The number of imide groups is 1. The maximum absolute atomic E-state index is 11.9. The molecule has 5 rings (SSSR count). The summed E-state index contributed by atoms with van der Waals surface area (Å²) in [7, 11) is 0. The van der Waals surface area contributed by atoms with Gasteiger partial charge in [-0.15, -0.1) is 0 Å². The molecule has 2 aliphatic heterocycles. The first-order chi connectivity index (χ1) is 15.2. The number of hydrogen-bond acceptors (Lipinski definition) is 7. The molecule has 7 nitrogen and oxygen atoms in total. The van der Waals surface area contributed by atoms with Crippen molar-refractivity contribution in [2.45, 2.75) is 6.54 Å². The molecule has 1 N–H and O–H groups in total. The van der Waals surface area contributed by atoms with Gasteiger partial charge in [-0.2, -0.15) is 0 Å². The predicted octanol–water partition coefficient (Wildman–Crippen LogP) is 3.28. The predicted molar refractivity (Wildman–Crippen MR) is 123 cm³/mol. The van der Waals surface area contributed by atoms with Crippen molar-refractivity contribution >= 4 is 45.7 Å². The van der Waals surface area contributed by atoms with E-state index in [4.69, 9.17) is 0 Å². The van der Waals surface area contributed by atoms with Gasteiger partial charge in [0.05, 0.1) is 10.4 Å². The highest BCUT2D eigenvalue weighted by atomic mass is 32.2. The number of anilines is 1. The second-order valence-corrected chi connectivity index (χ2v) is 8.59. The normalized spacial score (nSPS) is 18.7. The van der Waals surface area contributed by atoms with Gasteiger partial charge in [-0.3, -0.25) is 19.8 Å². The number of benzene rings is 2.